The van der Waals surface area contributed by atoms with E-state index >= 15 is 0 Å². The third-order valence-corrected chi connectivity index (χ3v) is 5.69. The molecule has 0 atom stereocenters. The highest BCUT2D eigenvalue weighted by atomic mass is 79.9. The average molecular weight is 532 g/mol. The normalized spacial score (nSPS) is 13.6. The minimum Gasteiger partial charge on any atom is -0.504 e. The molecule has 9 heteroatoms. The van der Waals surface area contributed by atoms with Crippen molar-refractivity contribution in [1.82, 2.24) is 0 Å². The predicted molar refractivity (Wildman–Crippen MR) is 110 cm³/mol. The van der Waals surface area contributed by atoms with Crippen molar-refractivity contribution < 1.29 is 18.6 Å². The Bertz CT molecular complexity index is 939. The van der Waals surface area contributed by atoms with Crippen molar-refractivity contribution in [2.75, 3.05) is 11.5 Å². The molecule has 1 N–H and O–H groups in total. The average Bonchev–Trinajstić information content (AvgIpc) is 2.68. The van der Waals surface area contributed by atoms with Gasteiger partial charge in [0, 0.05) is 8.95 Å². The monoisotopic (exact) mass is 530 g/mol. The quantitative estimate of drug-likeness (QED) is 0.522. The van der Waals surface area contributed by atoms with Gasteiger partial charge in [-0.1, -0.05) is 31.9 Å². The molecule has 28 heavy (non-hydrogen) atoms. The van der Waals surface area contributed by atoms with Crippen LogP contribution in [0, 0.1) is 34.3 Å². The molecule has 0 aromatic heterocycles. The van der Waals surface area contributed by atoms with E-state index in [-0.39, 0.29) is 23.0 Å². The van der Waals surface area contributed by atoms with Gasteiger partial charge in [-0.25, -0.2) is 8.78 Å². The number of ether oxygens (including phenoxy) is 1. The van der Waals surface area contributed by atoms with Crippen LogP contribution in [0.3, 0.4) is 0 Å². The number of halogens is 4. The highest BCUT2D eigenvalue weighted by Crippen LogP contribution is 2.30. The Hall–Kier alpha value is -1.81. The van der Waals surface area contributed by atoms with Crippen LogP contribution in [0.15, 0.2) is 33.2 Å². The maximum atomic E-state index is 13.7. The summed E-state index contributed by atoms with van der Waals surface area (Å²) in [4.78, 5) is 0. The van der Waals surface area contributed by atoms with Crippen molar-refractivity contribution in [3.05, 3.63) is 56.0 Å². The Balaban J connectivity index is 0.000000221. The van der Waals surface area contributed by atoms with E-state index in [0.717, 1.165) is 30.4 Å². The van der Waals surface area contributed by atoms with Crippen LogP contribution in [0.4, 0.5) is 8.78 Å². The number of phenols is 1. The molecule has 1 fully saturated rings. The number of hydrogen-bond donors (Lipinski definition) is 1. The summed E-state index contributed by atoms with van der Waals surface area (Å²) < 4.78 is 33.0. The fourth-order valence-electron chi connectivity index (χ4n) is 2.37. The van der Waals surface area contributed by atoms with Crippen LogP contribution in [0.25, 0.3) is 0 Å². The van der Waals surface area contributed by atoms with Gasteiger partial charge in [-0.15, -0.1) is 0 Å². The van der Waals surface area contributed by atoms with Crippen molar-refractivity contribution >= 4 is 43.6 Å². The molecule has 2 aromatic rings. The van der Waals surface area contributed by atoms with Crippen LogP contribution in [0.1, 0.15) is 24.0 Å². The van der Waals surface area contributed by atoms with Crippen molar-refractivity contribution in [1.29, 1.82) is 10.5 Å². The van der Waals surface area contributed by atoms with Crippen LogP contribution in [0.5, 0.6) is 11.5 Å². The maximum Gasteiger partial charge on any atom is 0.173 e. The molecular weight excluding hydrogens is 518 g/mol. The van der Waals surface area contributed by atoms with E-state index in [1.165, 1.54) is 12.1 Å². The molecular formula is C19H14Br2F2N2O2S. The number of nitrogens with zero attached hydrogens (tertiary/aromatic N) is 2. The second-order valence-electron chi connectivity index (χ2n) is 5.70. The minimum atomic E-state index is -0.795. The van der Waals surface area contributed by atoms with Crippen molar-refractivity contribution in [2.45, 2.75) is 18.9 Å². The molecule has 1 saturated heterocycles. The largest absolute Gasteiger partial charge is 0.504 e. The molecule has 146 valence electrons. The summed E-state index contributed by atoms with van der Waals surface area (Å²) >= 11 is 8.03. The second kappa shape index (κ2) is 10.7. The SMILES string of the molecule is N#Cc1cc(Br)cc(F)c1O.N#Cc1cc(Br)cc(F)c1OC1CCSCC1. The minimum absolute atomic E-state index is 0.0269. The lowest BCUT2D eigenvalue weighted by Gasteiger charge is -2.23. The molecule has 1 heterocycles. The number of phenolic OH excluding ortho intramolecular Hbond substituents is 1. The fourth-order valence-corrected chi connectivity index (χ4v) is 4.30. The lowest BCUT2D eigenvalue weighted by atomic mass is 10.2. The van der Waals surface area contributed by atoms with Crippen molar-refractivity contribution in [3.63, 3.8) is 0 Å². The Labute approximate surface area is 182 Å². The topological polar surface area (TPSA) is 77.0 Å². The molecule has 3 rings (SSSR count). The van der Waals surface area contributed by atoms with Crippen LogP contribution in [-0.2, 0) is 0 Å². The summed E-state index contributed by atoms with van der Waals surface area (Å²) in [5.74, 6) is 0.281. The first-order chi connectivity index (χ1) is 13.3. The molecule has 0 bridgehead atoms. The highest BCUT2D eigenvalue weighted by molar-refractivity contribution is 9.10. The number of benzene rings is 2. The van der Waals surface area contributed by atoms with Gasteiger partial charge in [0.2, 0.25) is 0 Å². The van der Waals surface area contributed by atoms with Gasteiger partial charge in [0.1, 0.15) is 18.2 Å². The smallest absolute Gasteiger partial charge is 0.173 e. The van der Waals surface area contributed by atoms with Crippen LogP contribution < -0.4 is 4.74 Å². The summed E-state index contributed by atoms with van der Waals surface area (Å²) in [5.41, 5.74) is 0.173. The first kappa shape index (κ1) is 22.5. The van der Waals surface area contributed by atoms with Gasteiger partial charge < -0.3 is 9.84 Å². The molecule has 0 spiro atoms. The molecule has 1 aliphatic rings. The zero-order valence-corrected chi connectivity index (χ0v) is 18.4. The Kier molecular flexibility index (Phi) is 8.56. The standard InChI is InChI=1S/C12H11BrFNOS.C7H3BrFNO/c13-9-5-8(7-15)12(11(14)6-9)16-10-1-3-17-4-2-10;8-5-1-4(3-10)7(11)6(9)2-5/h5-6,10H,1-4H2;1-2,11H. The summed E-state index contributed by atoms with van der Waals surface area (Å²) in [6.45, 7) is 0. The predicted octanol–water partition coefficient (Wildman–Crippen LogP) is 5.90. The van der Waals surface area contributed by atoms with E-state index < -0.39 is 17.4 Å². The van der Waals surface area contributed by atoms with E-state index in [1.807, 2.05) is 17.8 Å². The van der Waals surface area contributed by atoms with E-state index in [1.54, 1.807) is 12.1 Å². The molecule has 0 radical (unpaired) electrons. The molecule has 2 aromatic carbocycles. The van der Waals surface area contributed by atoms with E-state index in [2.05, 4.69) is 31.9 Å². The lowest BCUT2D eigenvalue weighted by molar-refractivity contribution is 0.183. The Morgan fingerprint density at radius 3 is 2.07 bits per heavy atom. The highest BCUT2D eigenvalue weighted by Gasteiger charge is 2.19. The first-order valence-electron chi connectivity index (χ1n) is 8.07. The molecule has 0 unspecified atom stereocenters. The van der Waals surface area contributed by atoms with Gasteiger partial charge in [-0.2, -0.15) is 22.3 Å². The number of thioether (sulfide) groups is 1. The van der Waals surface area contributed by atoms with Gasteiger partial charge >= 0.3 is 0 Å². The van der Waals surface area contributed by atoms with Gasteiger partial charge in [-0.3, -0.25) is 0 Å². The van der Waals surface area contributed by atoms with E-state index in [0.29, 0.717) is 8.95 Å². The molecule has 4 nitrogen and oxygen atoms in total. The Morgan fingerprint density at radius 1 is 0.964 bits per heavy atom. The van der Waals surface area contributed by atoms with E-state index in [9.17, 15) is 8.78 Å². The molecule has 1 aliphatic heterocycles. The zero-order valence-electron chi connectivity index (χ0n) is 14.4. The third kappa shape index (κ3) is 6.10. The number of hydrogen-bond acceptors (Lipinski definition) is 5. The molecule has 0 amide bonds. The summed E-state index contributed by atoms with van der Waals surface area (Å²) in [7, 11) is 0. The number of aromatic hydroxyl groups is 1. The van der Waals surface area contributed by atoms with Crippen molar-refractivity contribution in [2.24, 2.45) is 0 Å². The summed E-state index contributed by atoms with van der Waals surface area (Å²) in [5, 5.41) is 26.2. The Morgan fingerprint density at radius 2 is 1.50 bits per heavy atom. The van der Waals surface area contributed by atoms with Crippen LogP contribution >= 0.6 is 43.6 Å². The number of nitriles is 2. The molecule has 0 aliphatic carbocycles. The van der Waals surface area contributed by atoms with Gasteiger partial charge in [0.05, 0.1) is 11.1 Å². The van der Waals surface area contributed by atoms with Crippen molar-refractivity contribution in [3.8, 4) is 23.6 Å². The van der Waals surface area contributed by atoms with Gasteiger partial charge in [0.25, 0.3) is 0 Å². The van der Waals surface area contributed by atoms with E-state index in [4.69, 9.17) is 20.4 Å². The summed E-state index contributed by atoms with van der Waals surface area (Å²) in [6, 6.07) is 8.97. The number of rotatable bonds is 2. The van der Waals surface area contributed by atoms with Crippen LogP contribution in [-0.4, -0.2) is 22.7 Å². The summed E-state index contributed by atoms with van der Waals surface area (Å²) in [6.07, 6.45) is 1.84. The molecule has 0 saturated carbocycles. The fraction of sp³-hybridized carbons (Fsp3) is 0.263. The maximum absolute atomic E-state index is 13.7. The lowest BCUT2D eigenvalue weighted by Crippen LogP contribution is -2.23. The second-order valence-corrected chi connectivity index (χ2v) is 8.76. The zero-order chi connectivity index (χ0) is 20.7. The van der Waals surface area contributed by atoms with Crippen LogP contribution in [0.2, 0.25) is 0 Å². The van der Waals surface area contributed by atoms with Gasteiger partial charge in [-0.05, 0) is 48.6 Å². The first-order valence-corrected chi connectivity index (χ1v) is 10.8. The van der Waals surface area contributed by atoms with Gasteiger partial charge in [0.15, 0.2) is 23.1 Å². The third-order valence-electron chi connectivity index (χ3n) is 3.73.